The topological polar surface area (TPSA) is 30.7 Å². The van der Waals surface area contributed by atoms with Gasteiger partial charge < -0.3 is 9.55 Å². The van der Waals surface area contributed by atoms with Gasteiger partial charge in [-0.25, -0.2) is 0 Å². The van der Waals surface area contributed by atoms with Crippen molar-refractivity contribution < 1.29 is 20.1 Å². The molecule has 45 heavy (non-hydrogen) atoms. The van der Waals surface area contributed by atoms with Crippen LogP contribution in [0.15, 0.2) is 115 Å². The van der Waals surface area contributed by atoms with E-state index >= 15 is 0 Å². The molecule has 8 aromatic rings. The van der Waals surface area contributed by atoms with E-state index < -0.39 is 8.07 Å². The van der Waals surface area contributed by atoms with Gasteiger partial charge in [0.25, 0.3) is 0 Å². The molecule has 0 saturated carbocycles. The van der Waals surface area contributed by atoms with E-state index in [-0.39, 0.29) is 20.1 Å². The van der Waals surface area contributed by atoms with Crippen LogP contribution in [-0.4, -0.2) is 22.6 Å². The molecule has 0 bridgehead atoms. The Morgan fingerprint density at radius 2 is 1.53 bits per heavy atom. The Kier molecular flexibility index (Phi) is 8.85. The number of pyridine rings is 1. The van der Waals surface area contributed by atoms with Gasteiger partial charge in [-0.3, -0.25) is 4.98 Å². The van der Waals surface area contributed by atoms with Crippen LogP contribution in [0.4, 0.5) is 0 Å². The zero-order valence-electron chi connectivity index (χ0n) is 25.8. The Bertz CT molecular complexity index is 2250. The van der Waals surface area contributed by atoms with E-state index in [1.54, 1.807) is 0 Å². The molecule has 1 radical (unpaired) electrons. The number of nitrogens with zero attached hydrogens (tertiary/aromatic N) is 3. The van der Waals surface area contributed by atoms with Crippen LogP contribution in [-0.2, 0) is 26.7 Å². The number of aryl methyl sites for hydroxylation is 1. The summed E-state index contributed by atoms with van der Waals surface area (Å²) >= 11 is 1.83. The van der Waals surface area contributed by atoms with Gasteiger partial charge >= 0.3 is 0 Å². The third-order valence-electron chi connectivity index (χ3n) is 8.14. The second-order valence-corrected chi connectivity index (χ2v) is 18.1. The van der Waals surface area contributed by atoms with E-state index in [0.717, 1.165) is 34.7 Å². The Hall–Kier alpha value is -3.93. The third-order valence-corrected chi connectivity index (χ3v) is 11.4. The maximum absolute atomic E-state index is 5.14. The molecule has 0 amide bonds. The zero-order valence-corrected chi connectivity index (χ0v) is 30.0. The van der Waals surface area contributed by atoms with Crippen molar-refractivity contribution in [1.29, 1.82) is 0 Å². The maximum atomic E-state index is 5.14. The molecule has 0 aliphatic carbocycles. The molecule has 0 unspecified atom stereocenters. The molecule has 0 fully saturated rings. The first kappa shape index (κ1) is 31.1. The predicted octanol–water partition coefficient (Wildman–Crippen LogP) is 10.1. The van der Waals surface area contributed by atoms with Crippen molar-refractivity contribution in [3.8, 4) is 22.6 Å². The number of hydrogen-bond acceptors (Lipinski definition) is 3. The van der Waals surface area contributed by atoms with Gasteiger partial charge in [0, 0.05) is 42.9 Å². The van der Waals surface area contributed by atoms with Crippen LogP contribution in [0.1, 0.15) is 6.92 Å². The first-order valence-electron chi connectivity index (χ1n) is 15.1. The van der Waals surface area contributed by atoms with Gasteiger partial charge in [0.15, 0.2) is 0 Å². The molecule has 8 rings (SSSR count). The van der Waals surface area contributed by atoms with Gasteiger partial charge in [-0.2, -0.15) is 11.3 Å². The molecule has 3 nitrogen and oxygen atoms in total. The number of thiophene rings is 1. The van der Waals surface area contributed by atoms with E-state index in [9.17, 15) is 0 Å². The Morgan fingerprint density at radius 3 is 2.27 bits per heavy atom. The molecule has 3 aromatic heterocycles. The fourth-order valence-electron chi connectivity index (χ4n) is 5.78. The number of aromatic nitrogens is 3. The van der Waals surface area contributed by atoms with Crippen LogP contribution in [0.5, 0.6) is 0 Å². The molecule has 0 aliphatic rings. The number of rotatable bonds is 4. The van der Waals surface area contributed by atoms with Crippen LogP contribution < -0.4 is 5.19 Å². The summed E-state index contributed by atoms with van der Waals surface area (Å²) in [5.41, 5.74) is 5.41. The molecule has 5 aromatic carbocycles. The Labute approximate surface area is 283 Å². The monoisotopic (exact) mass is 796 g/mol. The van der Waals surface area contributed by atoms with Gasteiger partial charge in [0.05, 0.1) is 24.9 Å². The maximum Gasteiger partial charge on any atom is 0.0849 e. The van der Waals surface area contributed by atoms with Crippen molar-refractivity contribution in [3.05, 3.63) is 128 Å². The van der Waals surface area contributed by atoms with Crippen molar-refractivity contribution in [2.75, 3.05) is 0 Å². The van der Waals surface area contributed by atoms with Crippen LogP contribution in [0, 0.1) is 12.1 Å². The number of fused-ring (bicyclic) bond motifs is 6. The van der Waals surface area contributed by atoms with E-state index in [1.807, 2.05) is 47.9 Å². The standard InChI is InChI=1S/C25H17N2S.C14H16NSi.Ir/c1-2-27-21-15-14-16-8-3-4-9-17(16)23(21)26-25(27)20-12-7-11-19-18-10-5-6-13-22(18)28-24(19)20;1-16(2,3)13-9-10-14(15-11-13)12-7-5-4-6-8-12;/h3-11,13-15H,2H2,1H3;4-7,9-11H,1-3H3;/q2*-1;. The van der Waals surface area contributed by atoms with Crippen LogP contribution >= 0.6 is 11.3 Å². The average Bonchev–Trinajstić information content (AvgIpc) is 3.64. The summed E-state index contributed by atoms with van der Waals surface area (Å²) < 4.78 is 4.89. The SMILES string of the molecule is CCn1c(-c2[c-]ccc3c2sc2ccccc23)nc2c3ccccc3ccc21.C[Si](C)(C)c1ccc(-c2[c-]cccc2)nc1.[Ir]. The first-order valence-corrected chi connectivity index (χ1v) is 19.4. The van der Waals surface area contributed by atoms with Gasteiger partial charge in [-0.05, 0) is 45.4 Å². The summed E-state index contributed by atoms with van der Waals surface area (Å²) in [5, 5.41) is 6.42. The normalized spacial score (nSPS) is 11.5. The van der Waals surface area contributed by atoms with Crippen LogP contribution in [0.2, 0.25) is 19.6 Å². The largest absolute Gasteiger partial charge is 0.364 e. The average molecular weight is 796 g/mol. The zero-order chi connectivity index (χ0) is 30.3. The molecule has 0 spiro atoms. The van der Waals surface area contributed by atoms with Crippen molar-refractivity contribution in [2.45, 2.75) is 33.1 Å². The van der Waals surface area contributed by atoms with E-state index in [2.05, 4.69) is 127 Å². The third kappa shape index (κ3) is 5.92. The van der Waals surface area contributed by atoms with Gasteiger partial charge in [-0.15, -0.1) is 54.1 Å². The molecule has 225 valence electrons. The first-order chi connectivity index (χ1) is 21.4. The van der Waals surface area contributed by atoms with Crippen LogP contribution in [0.25, 0.3) is 64.6 Å². The smallest absolute Gasteiger partial charge is 0.0849 e. The summed E-state index contributed by atoms with van der Waals surface area (Å²) in [6, 6.07) is 44.6. The second kappa shape index (κ2) is 12.8. The summed E-state index contributed by atoms with van der Waals surface area (Å²) in [7, 11) is -1.23. The Morgan fingerprint density at radius 1 is 0.756 bits per heavy atom. The summed E-state index contributed by atoms with van der Waals surface area (Å²) in [5.74, 6) is 1.01. The van der Waals surface area contributed by atoms with Crippen molar-refractivity contribution >= 4 is 66.6 Å². The molecule has 0 atom stereocenters. The molecule has 6 heteroatoms. The predicted molar refractivity (Wildman–Crippen MR) is 192 cm³/mol. The molecule has 0 N–H and O–H groups in total. The fraction of sp³-hybridized carbons (Fsp3) is 0.128. The van der Waals surface area contributed by atoms with Gasteiger partial charge in [-0.1, -0.05) is 91.3 Å². The van der Waals surface area contributed by atoms with Crippen molar-refractivity contribution in [2.24, 2.45) is 0 Å². The van der Waals surface area contributed by atoms with E-state index in [4.69, 9.17) is 4.98 Å². The summed E-state index contributed by atoms with van der Waals surface area (Å²) in [4.78, 5) is 9.66. The summed E-state index contributed by atoms with van der Waals surface area (Å²) in [6.45, 7) is 10.1. The fourth-order valence-corrected chi connectivity index (χ4v) is 8.01. The number of benzene rings is 5. The molecular weight excluding hydrogens is 763 g/mol. The Balaban J connectivity index is 0.000000181. The summed E-state index contributed by atoms with van der Waals surface area (Å²) in [6.07, 6.45) is 2.02. The quantitative estimate of drug-likeness (QED) is 0.131. The minimum absolute atomic E-state index is 0. The van der Waals surface area contributed by atoms with Gasteiger partial charge in [0.2, 0.25) is 0 Å². The molecular formula is C39H33IrN3SSi-2. The minimum Gasteiger partial charge on any atom is -0.364 e. The van der Waals surface area contributed by atoms with Crippen LogP contribution in [0.3, 0.4) is 0 Å². The number of imidazole rings is 1. The van der Waals surface area contributed by atoms with Crippen molar-refractivity contribution in [3.63, 3.8) is 0 Å². The van der Waals surface area contributed by atoms with E-state index in [0.29, 0.717) is 0 Å². The van der Waals surface area contributed by atoms with E-state index in [1.165, 1.54) is 41.6 Å². The minimum atomic E-state index is -1.23. The second-order valence-electron chi connectivity index (χ2n) is 12.0. The molecule has 0 aliphatic heterocycles. The number of hydrogen-bond donors (Lipinski definition) is 0. The molecule has 0 saturated heterocycles. The molecule has 3 heterocycles. The van der Waals surface area contributed by atoms with Crippen molar-refractivity contribution in [1.82, 2.24) is 14.5 Å². The van der Waals surface area contributed by atoms with Gasteiger partial charge in [0.1, 0.15) is 0 Å².